The average Bonchev–Trinajstić information content (AvgIpc) is 3.29. The summed E-state index contributed by atoms with van der Waals surface area (Å²) in [6.45, 7) is 1.60. The first-order valence-electron chi connectivity index (χ1n) is 10.3. The highest BCUT2D eigenvalue weighted by Crippen LogP contribution is 2.29. The smallest absolute Gasteiger partial charge is 0.250 e. The van der Waals surface area contributed by atoms with Crippen LogP contribution < -0.4 is 5.32 Å². The van der Waals surface area contributed by atoms with Crippen molar-refractivity contribution >= 4 is 34.2 Å². The zero-order valence-electron chi connectivity index (χ0n) is 16.7. The monoisotopic (exact) mass is 427 g/mol. The standard InChI is InChI=1S/C21H25N5O3S/c27-17-8-4-5-11-26(17)18(15-6-2-1-3-7-15)20(29)25-12-9-16(10-13-25)19(28)23-21-24-22-14-30-21/h1-3,6-7,14,16,18H,4-5,8-13H2,(H,23,24,28). The molecule has 0 bridgehead atoms. The molecule has 8 nitrogen and oxygen atoms in total. The second kappa shape index (κ2) is 9.34. The Balaban J connectivity index is 1.43. The molecule has 1 unspecified atom stereocenters. The van der Waals surface area contributed by atoms with E-state index in [-0.39, 0.29) is 23.6 Å². The van der Waals surface area contributed by atoms with Crippen LogP contribution in [0.2, 0.25) is 0 Å². The number of likely N-dealkylation sites (tertiary alicyclic amines) is 2. The summed E-state index contributed by atoms with van der Waals surface area (Å²) < 4.78 is 0. The van der Waals surface area contributed by atoms with Gasteiger partial charge in [-0.2, -0.15) is 0 Å². The van der Waals surface area contributed by atoms with Gasteiger partial charge < -0.3 is 15.1 Å². The molecule has 158 valence electrons. The summed E-state index contributed by atoms with van der Waals surface area (Å²) in [5, 5.41) is 10.9. The number of aromatic nitrogens is 2. The molecule has 1 N–H and O–H groups in total. The Labute approximate surface area is 179 Å². The number of hydrogen-bond acceptors (Lipinski definition) is 6. The minimum Gasteiger partial charge on any atom is -0.341 e. The number of hydrogen-bond donors (Lipinski definition) is 1. The van der Waals surface area contributed by atoms with Gasteiger partial charge in [0, 0.05) is 32.0 Å². The average molecular weight is 428 g/mol. The fourth-order valence-corrected chi connectivity index (χ4v) is 4.61. The Morgan fingerprint density at radius 3 is 2.53 bits per heavy atom. The number of benzene rings is 1. The molecule has 0 saturated carbocycles. The van der Waals surface area contributed by atoms with Gasteiger partial charge in [-0.1, -0.05) is 41.7 Å². The second-order valence-electron chi connectivity index (χ2n) is 7.69. The Bertz CT molecular complexity index is 881. The molecule has 2 aliphatic heterocycles. The Hall–Kier alpha value is -2.81. The lowest BCUT2D eigenvalue weighted by atomic mass is 9.94. The van der Waals surface area contributed by atoms with E-state index >= 15 is 0 Å². The van der Waals surface area contributed by atoms with Gasteiger partial charge in [0.1, 0.15) is 11.6 Å². The summed E-state index contributed by atoms with van der Waals surface area (Å²) >= 11 is 1.28. The third kappa shape index (κ3) is 4.51. The zero-order valence-corrected chi connectivity index (χ0v) is 17.5. The van der Waals surface area contributed by atoms with Gasteiger partial charge in [-0.3, -0.25) is 14.4 Å². The first-order chi connectivity index (χ1) is 14.6. The number of nitrogens with zero attached hydrogens (tertiary/aromatic N) is 4. The number of nitrogens with one attached hydrogen (secondary N) is 1. The number of amides is 3. The van der Waals surface area contributed by atoms with Crippen LogP contribution in [0.1, 0.15) is 43.7 Å². The molecule has 3 heterocycles. The maximum absolute atomic E-state index is 13.5. The molecule has 2 aromatic rings. The summed E-state index contributed by atoms with van der Waals surface area (Å²) in [7, 11) is 0. The molecule has 0 radical (unpaired) electrons. The summed E-state index contributed by atoms with van der Waals surface area (Å²) in [5.41, 5.74) is 2.41. The third-order valence-corrected chi connectivity index (χ3v) is 6.40. The van der Waals surface area contributed by atoms with Crippen LogP contribution in [-0.4, -0.2) is 57.4 Å². The second-order valence-corrected chi connectivity index (χ2v) is 8.52. The Kier molecular flexibility index (Phi) is 6.37. The van der Waals surface area contributed by atoms with Crippen LogP contribution in [-0.2, 0) is 14.4 Å². The third-order valence-electron chi connectivity index (χ3n) is 5.79. The van der Waals surface area contributed by atoms with Gasteiger partial charge in [0.15, 0.2) is 0 Å². The largest absolute Gasteiger partial charge is 0.341 e. The van der Waals surface area contributed by atoms with E-state index in [1.54, 1.807) is 15.3 Å². The van der Waals surface area contributed by atoms with Crippen LogP contribution >= 0.6 is 11.3 Å². The maximum Gasteiger partial charge on any atom is 0.250 e. The molecule has 2 fully saturated rings. The molecular formula is C21H25N5O3S. The van der Waals surface area contributed by atoms with Crippen molar-refractivity contribution in [2.75, 3.05) is 25.0 Å². The summed E-state index contributed by atoms with van der Waals surface area (Å²) in [4.78, 5) is 42.1. The highest BCUT2D eigenvalue weighted by Gasteiger charge is 2.37. The fraction of sp³-hybridized carbons (Fsp3) is 0.476. The van der Waals surface area contributed by atoms with Gasteiger partial charge in [-0.15, -0.1) is 10.2 Å². The number of rotatable bonds is 5. The molecular weight excluding hydrogens is 402 g/mol. The first-order valence-corrected chi connectivity index (χ1v) is 11.2. The number of anilines is 1. The predicted molar refractivity (Wildman–Crippen MR) is 113 cm³/mol. The quantitative estimate of drug-likeness (QED) is 0.791. The number of carbonyl (C=O) groups is 3. The Morgan fingerprint density at radius 1 is 1.10 bits per heavy atom. The van der Waals surface area contributed by atoms with E-state index in [0.29, 0.717) is 44.0 Å². The van der Waals surface area contributed by atoms with E-state index in [2.05, 4.69) is 15.5 Å². The molecule has 2 aliphatic rings. The van der Waals surface area contributed by atoms with Gasteiger partial charge >= 0.3 is 0 Å². The lowest BCUT2D eigenvalue weighted by Gasteiger charge is -2.39. The maximum atomic E-state index is 13.5. The molecule has 9 heteroatoms. The minimum absolute atomic E-state index is 0.0368. The van der Waals surface area contributed by atoms with Crippen molar-refractivity contribution in [1.82, 2.24) is 20.0 Å². The van der Waals surface area contributed by atoms with Gasteiger partial charge in [0.05, 0.1) is 0 Å². The van der Waals surface area contributed by atoms with Crippen LogP contribution in [0.25, 0.3) is 0 Å². The van der Waals surface area contributed by atoms with E-state index in [1.165, 1.54) is 11.3 Å². The van der Waals surface area contributed by atoms with Gasteiger partial charge in [-0.05, 0) is 31.2 Å². The van der Waals surface area contributed by atoms with E-state index in [9.17, 15) is 14.4 Å². The van der Waals surface area contributed by atoms with Crippen molar-refractivity contribution < 1.29 is 14.4 Å². The summed E-state index contributed by atoms with van der Waals surface area (Å²) in [6, 6.07) is 8.93. The molecule has 4 rings (SSSR count). The van der Waals surface area contributed by atoms with E-state index in [1.807, 2.05) is 30.3 Å². The van der Waals surface area contributed by atoms with Crippen LogP contribution in [0.15, 0.2) is 35.8 Å². The van der Waals surface area contributed by atoms with Crippen molar-refractivity contribution in [3.8, 4) is 0 Å². The van der Waals surface area contributed by atoms with E-state index < -0.39 is 6.04 Å². The molecule has 2 saturated heterocycles. The highest BCUT2D eigenvalue weighted by atomic mass is 32.1. The van der Waals surface area contributed by atoms with Crippen LogP contribution in [0.5, 0.6) is 0 Å². The number of carbonyl (C=O) groups excluding carboxylic acids is 3. The number of piperidine rings is 2. The molecule has 1 aromatic heterocycles. The van der Waals surface area contributed by atoms with E-state index in [0.717, 1.165) is 18.4 Å². The topological polar surface area (TPSA) is 95.5 Å². The summed E-state index contributed by atoms with van der Waals surface area (Å²) in [5.74, 6) is -0.261. The molecule has 3 amide bonds. The normalized spacial score (nSPS) is 18.9. The lowest BCUT2D eigenvalue weighted by Crippen LogP contribution is -2.49. The van der Waals surface area contributed by atoms with Crippen molar-refractivity contribution in [1.29, 1.82) is 0 Å². The van der Waals surface area contributed by atoms with Gasteiger partial charge in [0.2, 0.25) is 22.9 Å². The van der Waals surface area contributed by atoms with E-state index in [4.69, 9.17) is 0 Å². The predicted octanol–water partition coefficient (Wildman–Crippen LogP) is 2.47. The highest BCUT2D eigenvalue weighted by molar-refractivity contribution is 7.13. The molecule has 0 aliphatic carbocycles. The molecule has 1 aromatic carbocycles. The summed E-state index contributed by atoms with van der Waals surface area (Å²) in [6.07, 6.45) is 3.46. The van der Waals surface area contributed by atoms with Gasteiger partial charge in [-0.25, -0.2) is 0 Å². The van der Waals surface area contributed by atoms with Crippen LogP contribution in [0, 0.1) is 5.92 Å². The van der Waals surface area contributed by atoms with Crippen LogP contribution in [0.3, 0.4) is 0 Å². The van der Waals surface area contributed by atoms with Gasteiger partial charge in [0.25, 0.3) is 0 Å². The zero-order chi connectivity index (χ0) is 20.9. The van der Waals surface area contributed by atoms with Crippen LogP contribution in [0.4, 0.5) is 5.13 Å². The molecule has 0 spiro atoms. The first kappa shape index (κ1) is 20.5. The lowest BCUT2D eigenvalue weighted by molar-refractivity contribution is -0.149. The SMILES string of the molecule is O=C(Nc1nncs1)C1CCN(C(=O)C(c2ccccc2)N2CCCCC2=O)CC1. The molecule has 1 atom stereocenters. The van der Waals surface area contributed by atoms with Crippen molar-refractivity contribution in [3.05, 3.63) is 41.4 Å². The minimum atomic E-state index is -0.592. The van der Waals surface area contributed by atoms with Crippen molar-refractivity contribution in [2.45, 2.75) is 38.1 Å². The van der Waals surface area contributed by atoms with Crippen molar-refractivity contribution in [2.24, 2.45) is 5.92 Å². The fourth-order valence-electron chi connectivity index (χ4n) is 4.16. The Morgan fingerprint density at radius 2 is 1.87 bits per heavy atom. The molecule has 30 heavy (non-hydrogen) atoms. The van der Waals surface area contributed by atoms with Crippen molar-refractivity contribution in [3.63, 3.8) is 0 Å².